The number of rotatable bonds is 6. The minimum Gasteiger partial charge on any atom is -0.478 e. The zero-order chi connectivity index (χ0) is 18.4. The number of hydrogen-bond acceptors (Lipinski definition) is 8. The van der Waals surface area contributed by atoms with Crippen LogP contribution in [-0.4, -0.2) is 82.5 Å². The first kappa shape index (κ1) is 19.7. The molecule has 136 valence electrons. The number of carbonyl (C=O) groups is 3. The maximum atomic E-state index is 11.5. The Morgan fingerprint density at radius 3 is 2.50 bits per heavy atom. The van der Waals surface area contributed by atoms with Crippen LogP contribution in [0.25, 0.3) is 0 Å². The number of esters is 1. The van der Waals surface area contributed by atoms with Crippen molar-refractivity contribution in [2.45, 2.75) is 37.4 Å². The molecule has 0 unspecified atom stereocenters. The molecule has 1 rings (SSSR count). The van der Waals surface area contributed by atoms with E-state index >= 15 is 0 Å². The van der Waals surface area contributed by atoms with Crippen LogP contribution in [-0.2, 0) is 19.1 Å². The summed E-state index contributed by atoms with van der Waals surface area (Å²) in [5.74, 6) is -1.85. The van der Waals surface area contributed by atoms with Crippen LogP contribution in [0.2, 0.25) is 0 Å². The summed E-state index contributed by atoms with van der Waals surface area (Å²) in [6.45, 7) is 0.858. The van der Waals surface area contributed by atoms with Crippen LogP contribution in [0.5, 0.6) is 0 Å². The van der Waals surface area contributed by atoms with Crippen molar-refractivity contribution in [2.75, 3.05) is 13.7 Å². The first-order chi connectivity index (χ1) is 11.2. The number of nitrogens with one attached hydrogen (secondary N) is 2. The molecule has 0 spiro atoms. The highest BCUT2D eigenvalue weighted by Crippen LogP contribution is 2.23. The molecule has 0 bridgehead atoms. The highest BCUT2D eigenvalue weighted by Gasteiger charge is 2.43. The predicted octanol–water partition coefficient (Wildman–Crippen LogP) is -2.70. The summed E-state index contributed by atoms with van der Waals surface area (Å²) < 4.78 is 9.63. The molecule has 0 saturated heterocycles. The number of methoxy groups -OCH3 is 1. The van der Waals surface area contributed by atoms with Crippen LogP contribution in [0.1, 0.15) is 6.92 Å². The van der Waals surface area contributed by atoms with E-state index < -0.39 is 54.2 Å². The van der Waals surface area contributed by atoms with Crippen LogP contribution in [0, 0.1) is 0 Å². The third-order valence-electron chi connectivity index (χ3n) is 3.27. The molecule has 11 heteroatoms. The first-order valence-corrected chi connectivity index (χ1v) is 6.92. The normalized spacial score (nSPS) is 25.5. The van der Waals surface area contributed by atoms with E-state index in [9.17, 15) is 29.7 Å². The Morgan fingerprint density at radius 2 is 2.00 bits per heavy atom. The smallest absolute Gasteiger partial charge is 0.405 e. The maximum absolute atomic E-state index is 11.5. The van der Waals surface area contributed by atoms with Crippen LogP contribution in [0.3, 0.4) is 0 Å². The van der Waals surface area contributed by atoms with Gasteiger partial charge in [-0.3, -0.25) is 4.79 Å². The van der Waals surface area contributed by atoms with Crippen LogP contribution >= 0.6 is 0 Å². The first-order valence-electron chi connectivity index (χ1n) is 6.92. The SMILES string of the molecule is COC(=O)C1=C[C@H](O)[C@@H](NC(=O)O)[C@H]([C@@H](O)[C@@H](O)CNC(C)=O)O1. The summed E-state index contributed by atoms with van der Waals surface area (Å²) in [5, 5.41) is 43.1. The monoisotopic (exact) mass is 348 g/mol. The molecule has 5 atom stereocenters. The van der Waals surface area contributed by atoms with Crippen LogP contribution in [0.4, 0.5) is 4.79 Å². The van der Waals surface area contributed by atoms with E-state index in [0.717, 1.165) is 13.2 Å². The molecule has 0 aliphatic carbocycles. The van der Waals surface area contributed by atoms with Gasteiger partial charge in [-0.05, 0) is 6.08 Å². The Balaban J connectivity index is 2.99. The van der Waals surface area contributed by atoms with Crippen molar-refractivity contribution in [2.24, 2.45) is 0 Å². The second kappa shape index (κ2) is 8.47. The highest BCUT2D eigenvalue weighted by atomic mass is 16.6. The fraction of sp³-hybridized carbons (Fsp3) is 0.615. The summed E-state index contributed by atoms with van der Waals surface area (Å²) in [5.41, 5.74) is 0. The van der Waals surface area contributed by atoms with E-state index in [1.807, 2.05) is 5.32 Å². The summed E-state index contributed by atoms with van der Waals surface area (Å²) in [4.78, 5) is 33.2. The summed E-state index contributed by atoms with van der Waals surface area (Å²) in [7, 11) is 1.07. The van der Waals surface area contributed by atoms with Crippen molar-refractivity contribution >= 4 is 18.0 Å². The predicted molar refractivity (Wildman–Crippen MR) is 76.6 cm³/mol. The molecular weight excluding hydrogens is 328 g/mol. The van der Waals surface area contributed by atoms with E-state index in [4.69, 9.17) is 9.84 Å². The Kier molecular flexibility index (Phi) is 6.95. The van der Waals surface area contributed by atoms with Crippen molar-refractivity contribution in [3.05, 3.63) is 11.8 Å². The van der Waals surface area contributed by atoms with Gasteiger partial charge in [0, 0.05) is 13.5 Å². The molecule has 0 radical (unpaired) electrons. The standard InChI is InChI=1S/C13H20N2O9/c1-5(16)14-4-7(18)10(19)11-9(15-13(21)22)6(17)3-8(24-11)12(20)23-2/h3,6-7,9-11,15,17-19H,4H2,1-2H3,(H,14,16)(H,21,22)/t6-,7-,9+,10-,11+/m0/s1. The molecule has 0 aromatic rings. The van der Waals surface area contributed by atoms with E-state index in [1.165, 1.54) is 6.92 Å². The van der Waals surface area contributed by atoms with Gasteiger partial charge < -0.3 is 40.5 Å². The Labute approximate surface area is 136 Å². The molecular formula is C13H20N2O9. The Hall–Kier alpha value is -2.37. The highest BCUT2D eigenvalue weighted by molar-refractivity contribution is 5.86. The average Bonchev–Trinajstić information content (AvgIpc) is 2.52. The van der Waals surface area contributed by atoms with Gasteiger partial charge in [0.15, 0.2) is 6.10 Å². The van der Waals surface area contributed by atoms with Gasteiger partial charge in [0.2, 0.25) is 11.7 Å². The average molecular weight is 348 g/mol. The van der Waals surface area contributed by atoms with Crippen LogP contribution in [0.15, 0.2) is 11.8 Å². The number of ether oxygens (including phenoxy) is 2. The Morgan fingerprint density at radius 1 is 1.38 bits per heavy atom. The van der Waals surface area contributed by atoms with E-state index in [2.05, 4.69) is 10.1 Å². The number of amides is 2. The number of hydrogen-bond donors (Lipinski definition) is 6. The molecule has 6 N–H and O–H groups in total. The number of carboxylic acid groups (broad SMARTS) is 1. The summed E-state index contributed by atoms with van der Waals surface area (Å²) >= 11 is 0. The lowest BCUT2D eigenvalue weighted by atomic mass is 9.93. The van der Waals surface area contributed by atoms with Gasteiger partial charge in [0.25, 0.3) is 0 Å². The van der Waals surface area contributed by atoms with Crippen molar-refractivity contribution < 1.29 is 44.3 Å². The number of aliphatic hydroxyl groups excluding tert-OH is 3. The van der Waals surface area contributed by atoms with E-state index in [0.29, 0.717) is 0 Å². The lowest BCUT2D eigenvalue weighted by Crippen LogP contribution is -2.60. The molecule has 1 aliphatic rings. The Bertz CT molecular complexity index is 522. The number of carbonyl (C=O) groups excluding carboxylic acids is 2. The van der Waals surface area contributed by atoms with Gasteiger partial charge in [-0.15, -0.1) is 0 Å². The lowest BCUT2D eigenvalue weighted by Gasteiger charge is -2.38. The zero-order valence-corrected chi connectivity index (χ0v) is 13.0. The van der Waals surface area contributed by atoms with Gasteiger partial charge in [0.1, 0.15) is 24.4 Å². The minimum atomic E-state index is -1.73. The largest absolute Gasteiger partial charge is 0.478 e. The maximum Gasteiger partial charge on any atom is 0.405 e. The minimum absolute atomic E-state index is 0.344. The fourth-order valence-corrected chi connectivity index (χ4v) is 2.11. The molecule has 1 heterocycles. The van der Waals surface area contributed by atoms with Gasteiger partial charge in [0.05, 0.1) is 7.11 Å². The zero-order valence-electron chi connectivity index (χ0n) is 13.0. The third-order valence-corrected chi connectivity index (χ3v) is 3.27. The van der Waals surface area contributed by atoms with Crippen molar-refractivity contribution in [3.63, 3.8) is 0 Å². The molecule has 11 nitrogen and oxygen atoms in total. The van der Waals surface area contributed by atoms with Gasteiger partial charge in [-0.25, -0.2) is 9.59 Å². The lowest BCUT2D eigenvalue weighted by molar-refractivity contribution is -0.149. The summed E-state index contributed by atoms with van der Waals surface area (Å²) in [6.07, 6.45) is -6.87. The van der Waals surface area contributed by atoms with Gasteiger partial charge >= 0.3 is 12.1 Å². The van der Waals surface area contributed by atoms with Gasteiger partial charge in [-0.2, -0.15) is 0 Å². The van der Waals surface area contributed by atoms with E-state index in [-0.39, 0.29) is 6.54 Å². The molecule has 0 saturated carbocycles. The van der Waals surface area contributed by atoms with E-state index in [1.54, 1.807) is 0 Å². The summed E-state index contributed by atoms with van der Waals surface area (Å²) in [6, 6.07) is -1.36. The quantitative estimate of drug-likeness (QED) is 0.279. The van der Waals surface area contributed by atoms with Crippen molar-refractivity contribution in [1.82, 2.24) is 10.6 Å². The van der Waals surface area contributed by atoms with Gasteiger partial charge in [-0.1, -0.05) is 0 Å². The molecule has 0 aromatic carbocycles. The van der Waals surface area contributed by atoms with Crippen molar-refractivity contribution in [1.29, 1.82) is 0 Å². The van der Waals surface area contributed by atoms with Crippen molar-refractivity contribution in [3.8, 4) is 0 Å². The molecule has 1 aliphatic heterocycles. The second-order valence-corrected chi connectivity index (χ2v) is 5.07. The fourth-order valence-electron chi connectivity index (χ4n) is 2.11. The topological polar surface area (TPSA) is 175 Å². The third kappa shape index (κ3) is 5.08. The molecule has 2 amide bonds. The number of aliphatic hydroxyl groups is 3. The molecule has 0 aromatic heterocycles. The molecule has 0 fully saturated rings. The molecule has 24 heavy (non-hydrogen) atoms. The second-order valence-electron chi connectivity index (χ2n) is 5.07. The van der Waals surface area contributed by atoms with Crippen LogP contribution < -0.4 is 10.6 Å².